The largest absolute Gasteiger partial charge is 0.389 e. The van der Waals surface area contributed by atoms with Gasteiger partial charge in [0.25, 0.3) is 0 Å². The van der Waals surface area contributed by atoms with E-state index >= 15 is 0 Å². The van der Waals surface area contributed by atoms with Gasteiger partial charge in [-0.25, -0.2) is 0 Å². The minimum atomic E-state index is -4.14. The molecule has 5 heteroatoms. The number of hydrogen-bond donors (Lipinski definition) is 2. The summed E-state index contributed by atoms with van der Waals surface area (Å²) < 4.78 is 35.2. The fourth-order valence-corrected chi connectivity index (χ4v) is 1.04. The molecule has 2 nitrogen and oxygen atoms in total. The van der Waals surface area contributed by atoms with Crippen molar-refractivity contribution < 1.29 is 18.3 Å². The van der Waals surface area contributed by atoms with Gasteiger partial charge in [0.15, 0.2) is 0 Å². The molecule has 0 aliphatic heterocycles. The number of alkyl halides is 3. The first-order chi connectivity index (χ1) is 5.83. The maximum atomic E-state index is 11.7. The van der Waals surface area contributed by atoms with Crippen LogP contribution in [-0.4, -0.2) is 23.4 Å². The lowest BCUT2D eigenvalue weighted by Crippen LogP contribution is -2.37. The van der Waals surface area contributed by atoms with Crippen LogP contribution in [0.3, 0.4) is 0 Å². The molecule has 0 amide bonds. The average molecular weight is 199 g/mol. The molecule has 13 heavy (non-hydrogen) atoms. The van der Waals surface area contributed by atoms with Crippen LogP contribution in [-0.2, 0) is 0 Å². The normalized spacial score (nSPS) is 17.1. The second-order valence-electron chi connectivity index (χ2n) is 3.25. The molecule has 3 N–H and O–H groups in total. The summed E-state index contributed by atoms with van der Waals surface area (Å²) in [5.74, 6) is 0. The molecule has 0 aliphatic rings. The van der Waals surface area contributed by atoms with Crippen molar-refractivity contribution in [1.82, 2.24) is 0 Å². The predicted molar refractivity (Wildman–Crippen MR) is 44.2 cm³/mol. The zero-order chi connectivity index (χ0) is 10.5. The van der Waals surface area contributed by atoms with Gasteiger partial charge in [-0.2, -0.15) is 13.2 Å². The second kappa shape index (κ2) is 4.81. The van der Waals surface area contributed by atoms with Crippen molar-refractivity contribution in [2.75, 3.05) is 6.54 Å². The highest BCUT2D eigenvalue weighted by atomic mass is 19.4. The van der Waals surface area contributed by atoms with E-state index in [4.69, 9.17) is 5.73 Å². The molecule has 0 heterocycles. The molecule has 0 spiro atoms. The summed E-state index contributed by atoms with van der Waals surface area (Å²) in [4.78, 5) is 0. The molecule has 0 aromatic rings. The lowest BCUT2D eigenvalue weighted by Gasteiger charge is -2.24. The van der Waals surface area contributed by atoms with Gasteiger partial charge in [-0.1, -0.05) is 6.92 Å². The van der Waals surface area contributed by atoms with E-state index in [1.165, 1.54) is 0 Å². The first-order valence-corrected chi connectivity index (χ1v) is 4.32. The Labute approximate surface area is 75.9 Å². The highest BCUT2D eigenvalue weighted by molar-refractivity contribution is 4.77. The van der Waals surface area contributed by atoms with Crippen molar-refractivity contribution in [1.29, 1.82) is 0 Å². The molecular formula is C8H16F3NO. The molecule has 0 aliphatic carbocycles. The summed E-state index contributed by atoms with van der Waals surface area (Å²) in [5.41, 5.74) is 4.12. The molecule has 0 saturated heterocycles. The number of rotatable bonds is 5. The fourth-order valence-electron chi connectivity index (χ4n) is 1.04. The minimum Gasteiger partial charge on any atom is -0.389 e. The molecule has 80 valence electrons. The molecule has 1 unspecified atom stereocenters. The standard InChI is InChI=1S/C8H16F3NO/c1-2-7(13,6-12)4-3-5-8(9,10)11/h13H,2-6,12H2,1H3. The van der Waals surface area contributed by atoms with Crippen LogP contribution < -0.4 is 5.73 Å². The Hall–Kier alpha value is -0.290. The molecule has 0 aromatic heterocycles. The Morgan fingerprint density at radius 2 is 1.77 bits per heavy atom. The Kier molecular flexibility index (Phi) is 4.70. The lowest BCUT2D eigenvalue weighted by molar-refractivity contribution is -0.137. The number of hydrogen-bond acceptors (Lipinski definition) is 2. The fraction of sp³-hybridized carbons (Fsp3) is 1.00. The summed E-state index contributed by atoms with van der Waals surface area (Å²) in [6.45, 7) is 1.72. The molecule has 0 radical (unpaired) electrons. The van der Waals surface area contributed by atoms with Gasteiger partial charge in [0.05, 0.1) is 5.60 Å². The molecule has 0 fully saturated rings. The van der Waals surface area contributed by atoms with E-state index in [9.17, 15) is 18.3 Å². The van der Waals surface area contributed by atoms with Crippen molar-refractivity contribution in [3.05, 3.63) is 0 Å². The number of aliphatic hydroxyl groups is 1. The Morgan fingerprint density at radius 3 is 2.08 bits per heavy atom. The first-order valence-electron chi connectivity index (χ1n) is 4.32. The highest BCUT2D eigenvalue weighted by Gasteiger charge is 2.29. The molecule has 1 atom stereocenters. The van der Waals surface area contributed by atoms with Crippen LogP contribution >= 0.6 is 0 Å². The van der Waals surface area contributed by atoms with Gasteiger partial charge in [0.2, 0.25) is 0 Å². The third kappa shape index (κ3) is 5.87. The van der Waals surface area contributed by atoms with Gasteiger partial charge in [0.1, 0.15) is 0 Å². The van der Waals surface area contributed by atoms with Crippen molar-refractivity contribution in [2.24, 2.45) is 5.73 Å². The van der Waals surface area contributed by atoms with E-state index in [1.54, 1.807) is 6.92 Å². The van der Waals surface area contributed by atoms with Gasteiger partial charge in [-0.15, -0.1) is 0 Å². The predicted octanol–water partition coefficient (Wildman–Crippen LogP) is 1.82. The van der Waals surface area contributed by atoms with E-state index in [2.05, 4.69) is 0 Å². The molecule has 0 bridgehead atoms. The van der Waals surface area contributed by atoms with Crippen LogP contribution in [0.15, 0.2) is 0 Å². The third-order valence-electron chi connectivity index (χ3n) is 2.14. The quantitative estimate of drug-likeness (QED) is 0.709. The number of halogens is 3. The minimum absolute atomic E-state index is 0.0152. The van der Waals surface area contributed by atoms with E-state index < -0.39 is 18.2 Å². The van der Waals surface area contributed by atoms with Crippen LogP contribution in [0.4, 0.5) is 13.2 Å². The van der Waals surface area contributed by atoms with Crippen molar-refractivity contribution in [2.45, 2.75) is 44.4 Å². The molecule has 0 saturated carbocycles. The van der Waals surface area contributed by atoms with E-state index in [0.29, 0.717) is 6.42 Å². The zero-order valence-corrected chi connectivity index (χ0v) is 7.69. The smallest absolute Gasteiger partial charge is 0.389 e. The Balaban J connectivity index is 3.74. The Morgan fingerprint density at radius 1 is 1.23 bits per heavy atom. The second-order valence-corrected chi connectivity index (χ2v) is 3.25. The summed E-state index contributed by atoms with van der Waals surface area (Å²) in [7, 11) is 0. The van der Waals surface area contributed by atoms with Crippen LogP contribution in [0.25, 0.3) is 0 Å². The summed E-state index contributed by atoms with van der Waals surface area (Å²) in [6, 6.07) is 0. The maximum absolute atomic E-state index is 11.7. The third-order valence-corrected chi connectivity index (χ3v) is 2.14. The SMILES string of the molecule is CCC(O)(CN)CCCC(F)(F)F. The van der Waals surface area contributed by atoms with Crippen LogP contribution in [0.2, 0.25) is 0 Å². The Bertz CT molecular complexity index is 143. The van der Waals surface area contributed by atoms with Crippen molar-refractivity contribution >= 4 is 0 Å². The van der Waals surface area contributed by atoms with Gasteiger partial charge >= 0.3 is 6.18 Å². The molecule has 0 rings (SSSR count). The van der Waals surface area contributed by atoms with E-state index in [-0.39, 0.29) is 19.4 Å². The maximum Gasteiger partial charge on any atom is 0.389 e. The van der Waals surface area contributed by atoms with Gasteiger partial charge < -0.3 is 10.8 Å². The summed E-state index contributed by atoms with van der Waals surface area (Å²) >= 11 is 0. The van der Waals surface area contributed by atoms with Crippen molar-refractivity contribution in [3.8, 4) is 0 Å². The van der Waals surface area contributed by atoms with E-state index in [0.717, 1.165) is 0 Å². The zero-order valence-electron chi connectivity index (χ0n) is 7.69. The molecule has 0 aromatic carbocycles. The van der Waals surface area contributed by atoms with Crippen LogP contribution in [0, 0.1) is 0 Å². The highest BCUT2D eigenvalue weighted by Crippen LogP contribution is 2.25. The van der Waals surface area contributed by atoms with Gasteiger partial charge in [-0.3, -0.25) is 0 Å². The monoisotopic (exact) mass is 199 g/mol. The summed E-state index contributed by atoms with van der Waals surface area (Å²) in [5, 5.41) is 9.53. The van der Waals surface area contributed by atoms with Crippen LogP contribution in [0.1, 0.15) is 32.6 Å². The lowest BCUT2D eigenvalue weighted by atomic mass is 9.94. The van der Waals surface area contributed by atoms with Gasteiger partial charge in [-0.05, 0) is 19.3 Å². The first kappa shape index (κ1) is 12.7. The van der Waals surface area contributed by atoms with E-state index in [1.807, 2.05) is 0 Å². The number of nitrogens with two attached hydrogens (primary N) is 1. The molecular weight excluding hydrogens is 183 g/mol. The van der Waals surface area contributed by atoms with Crippen LogP contribution in [0.5, 0.6) is 0 Å². The average Bonchev–Trinajstić information content (AvgIpc) is 2.02. The summed E-state index contributed by atoms with van der Waals surface area (Å²) in [6.07, 6.45) is -4.55. The topological polar surface area (TPSA) is 46.2 Å². The van der Waals surface area contributed by atoms with Gasteiger partial charge in [0, 0.05) is 13.0 Å². The van der Waals surface area contributed by atoms with Crippen molar-refractivity contribution in [3.63, 3.8) is 0 Å².